The first-order chi connectivity index (χ1) is 35.0. The molecule has 0 spiro atoms. The Labute approximate surface area is 436 Å². The lowest BCUT2D eigenvalue weighted by atomic mass is 10.1. The molecule has 71 heavy (non-hydrogen) atoms. The predicted octanol–water partition coefficient (Wildman–Crippen LogP) is 19.2. The second-order valence-corrected chi connectivity index (χ2v) is 18.1. The van der Waals surface area contributed by atoms with Crippen LogP contribution in [0.4, 0.5) is 0 Å². The van der Waals surface area contributed by atoms with E-state index in [-0.39, 0.29) is 50.4 Å². The molecule has 0 saturated carbocycles. The van der Waals surface area contributed by atoms with Gasteiger partial charge in [-0.05, 0) is 122 Å². The molecule has 6 nitrogen and oxygen atoms in total. The second-order valence-electron chi connectivity index (χ2n) is 18.1. The summed E-state index contributed by atoms with van der Waals surface area (Å²) in [7, 11) is 0. The van der Waals surface area contributed by atoms with Crippen LogP contribution in [-0.4, -0.2) is 37.2 Å². The maximum absolute atomic E-state index is 12.8. The summed E-state index contributed by atoms with van der Waals surface area (Å²) in [6.07, 6.45) is 82.8. The monoisotopic (exact) mass is 979 g/mol. The Morgan fingerprint density at radius 1 is 0.296 bits per heavy atom. The molecule has 0 heterocycles. The molecule has 0 aliphatic rings. The number of esters is 3. The predicted molar refractivity (Wildman–Crippen MR) is 306 cm³/mol. The van der Waals surface area contributed by atoms with Crippen molar-refractivity contribution >= 4 is 17.9 Å². The molecule has 0 fully saturated rings. The molecular formula is C65H102O6. The highest BCUT2D eigenvalue weighted by Crippen LogP contribution is 2.12. The van der Waals surface area contributed by atoms with Crippen molar-refractivity contribution in [3.05, 3.63) is 146 Å². The molecular weight excluding hydrogens is 877 g/mol. The SMILES string of the molecule is CC/C=C\C/C=C\C/C=C\C/C=C\C/C=C\C/C=C\CCC(=O)OC[C@H](COC(=O)CC/C=C\C/C=C\C/C=C\C/C=C\C/C=C\CCCCC)OC(=O)CCCCCCC/C=C\CCCCCCCC. The smallest absolute Gasteiger partial charge is 0.306 e. The van der Waals surface area contributed by atoms with Gasteiger partial charge in [0.25, 0.3) is 0 Å². The summed E-state index contributed by atoms with van der Waals surface area (Å²) in [6, 6.07) is 0. The molecule has 0 aromatic carbocycles. The van der Waals surface area contributed by atoms with Crippen molar-refractivity contribution in [1.29, 1.82) is 0 Å². The van der Waals surface area contributed by atoms with Gasteiger partial charge in [0, 0.05) is 19.3 Å². The minimum Gasteiger partial charge on any atom is -0.462 e. The van der Waals surface area contributed by atoms with Gasteiger partial charge in [-0.25, -0.2) is 0 Å². The Morgan fingerprint density at radius 2 is 0.577 bits per heavy atom. The summed E-state index contributed by atoms with van der Waals surface area (Å²) in [5.74, 6) is -1.12. The number of ether oxygens (including phenoxy) is 3. The Hall–Kier alpha value is -4.71. The van der Waals surface area contributed by atoms with Crippen LogP contribution in [0.3, 0.4) is 0 Å². The van der Waals surface area contributed by atoms with E-state index in [1.54, 1.807) is 0 Å². The van der Waals surface area contributed by atoms with Crippen molar-refractivity contribution in [2.75, 3.05) is 13.2 Å². The molecule has 6 heteroatoms. The number of hydrogen-bond acceptors (Lipinski definition) is 6. The van der Waals surface area contributed by atoms with Gasteiger partial charge in [-0.2, -0.15) is 0 Å². The van der Waals surface area contributed by atoms with Gasteiger partial charge >= 0.3 is 17.9 Å². The van der Waals surface area contributed by atoms with Crippen molar-refractivity contribution in [2.45, 2.75) is 232 Å². The largest absolute Gasteiger partial charge is 0.462 e. The highest BCUT2D eigenvalue weighted by molar-refractivity contribution is 5.71. The first-order valence-electron chi connectivity index (χ1n) is 28.3. The maximum Gasteiger partial charge on any atom is 0.306 e. The van der Waals surface area contributed by atoms with Gasteiger partial charge in [0.05, 0.1) is 0 Å². The molecule has 1 atom stereocenters. The fraction of sp³-hybridized carbons (Fsp3) is 0.585. The van der Waals surface area contributed by atoms with Crippen LogP contribution in [0.25, 0.3) is 0 Å². The quantitative estimate of drug-likeness (QED) is 0.0262. The third kappa shape index (κ3) is 56.1. The highest BCUT2D eigenvalue weighted by Gasteiger charge is 2.19. The zero-order valence-electron chi connectivity index (χ0n) is 45.4. The van der Waals surface area contributed by atoms with E-state index in [0.29, 0.717) is 12.8 Å². The lowest BCUT2D eigenvalue weighted by Crippen LogP contribution is -2.30. The minimum absolute atomic E-state index is 0.149. The van der Waals surface area contributed by atoms with Gasteiger partial charge < -0.3 is 14.2 Å². The average molecular weight is 980 g/mol. The first kappa shape index (κ1) is 66.3. The molecule has 398 valence electrons. The Bertz CT molecular complexity index is 1590. The third-order valence-corrected chi connectivity index (χ3v) is 11.3. The summed E-state index contributed by atoms with van der Waals surface area (Å²) in [4.78, 5) is 38.1. The lowest BCUT2D eigenvalue weighted by molar-refractivity contribution is -0.166. The van der Waals surface area contributed by atoms with Gasteiger partial charge in [-0.3, -0.25) is 14.4 Å². The van der Waals surface area contributed by atoms with Crippen LogP contribution in [0.5, 0.6) is 0 Å². The van der Waals surface area contributed by atoms with Crippen molar-refractivity contribution in [3.63, 3.8) is 0 Å². The highest BCUT2D eigenvalue weighted by atomic mass is 16.6. The molecule has 0 aliphatic carbocycles. The molecule has 0 unspecified atom stereocenters. The van der Waals surface area contributed by atoms with Crippen LogP contribution in [0, 0.1) is 0 Å². The fourth-order valence-electron chi connectivity index (χ4n) is 7.09. The Morgan fingerprint density at radius 3 is 0.958 bits per heavy atom. The Balaban J connectivity index is 4.64. The van der Waals surface area contributed by atoms with E-state index in [2.05, 4.69) is 142 Å². The van der Waals surface area contributed by atoms with E-state index in [4.69, 9.17) is 14.2 Å². The van der Waals surface area contributed by atoms with E-state index in [0.717, 1.165) is 103 Å². The van der Waals surface area contributed by atoms with Crippen molar-refractivity contribution in [2.24, 2.45) is 0 Å². The van der Waals surface area contributed by atoms with Crippen LogP contribution in [0.1, 0.15) is 226 Å². The minimum atomic E-state index is -0.850. The molecule has 0 rings (SSSR count). The van der Waals surface area contributed by atoms with Crippen molar-refractivity contribution < 1.29 is 28.6 Å². The molecule has 0 N–H and O–H groups in total. The molecule has 0 aromatic heterocycles. The lowest BCUT2D eigenvalue weighted by Gasteiger charge is -2.18. The number of carbonyl (C=O) groups excluding carboxylic acids is 3. The second kappa shape index (κ2) is 57.9. The number of unbranched alkanes of at least 4 members (excludes halogenated alkanes) is 14. The zero-order chi connectivity index (χ0) is 51.4. The number of carbonyl (C=O) groups is 3. The summed E-state index contributed by atoms with van der Waals surface area (Å²) >= 11 is 0. The van der Waals surface area contributed by atoms with Crippen LogP contribution >= 0.6 is 0 Å². The van der Waals surface area contributed by atoms with Gasteiger partial charge in [-0.15, -0.1) is 0 Å². The summed E-state index contributed by atoms with van der Waals surface area (Å²) < 4.78 is 16.7. The Kier molecular flexibility index (Phi) is 54.0. The summed E-state index contributed by atoms with van der Waals surface area (Å²) in [5, 5.41) is 0. The first-order valence-corrected chi connectivity index (χ1v) is 28.3. The normalized spacial score (nSPS) is 13.2. The summed E-state index contributed by atoms with van der Waals surface area (Å²) in [5.41, 5.74) is 0. The van der Waals surface area contributed by atoms with E-state index in [1.165, 1.54) is 70.6 Å². The van der Waals surface area contributed by atoms with Crippen LogP contribution in [-0.2, 0) is 28.6 Å². The van der Waals surface area contributed by atoms with E-state index >= 15 is 0 Å². The zero-order valence-corrected chi connectivity index (χ0v) is 45.4. The number of rotatable bonds is 49. The van der Waals surface area contributed by atoms with E-state index < -0.39 is 6.10 Å². The molecule has 0 radical (unpaired) electrons. The fourth-order valence-corrected chi connectivity index (χ4v) is 7.09. The third-order valence-electron chi connectivity index (χ3n) is 11.3. The molecule has 0 aliphatic heterocycles. The molecule has 0 bridgehead atoms. The van der Waals surface area contributed by atoms with Crippen molar-refractivity contribution in [1.82, 2.24) is 0 Å². The van der Waals surface area contributed by atoms with Gasteiger partial charge in [-0.1, -0.05) is 231 Å². The van der Waals surface area contributed by atoms with Crippen LogP contribution in [0.2, 0.25) is 0 Å². The number of hydrogen-bond donors (Lipinski definition) is 0. The molecule has 0 aromatic rings. The van der Waals surface area contributed by atoms with Crippen LogP contribution < -0.4 is 0 Å². The van der Waals surface area contributed by atoms with Crippen LogP contribution in [0.15, 0.2) is 146 Å². The molecule has 0 amide bonds. The summed E-state index contributed by atoms with van der Waals surface area (Å²) in [6.45, 7) is 6.34. The van der Waals surface area contributed by atoms with E-state index in [1.807, 2.05) is 24.3 Å². The topological polar surface area (TPSA) is 78.9 Å². The number of allylic oxidation sites excluding steroid dienone is 24. The standard InChI is InChI=1S/C65H102O6/c1-4-7-10-13-16-19-22-25-28-30-32-34-37-39-42-45-48-51-54-57-63(66)69-60-62(71-65(68)59-56-53-50-47-44-41-36-27-24-21-18-15-12-9-6-3)61-70-64(67)58-55-52-49-46-43-40-38-35-33-31-29-26-23-20-17-14-11-8-5-2/h7,10,16-17,19-20,25-29,32-36,39-40,42-43,48-49,51-52,62H,4-6,8-9,11-15,18,21-24,30-31,37-38,41,44-47,50,53-61H2,1-3H3/b10-7-,19-16-,20-17-,28-25-,29-26-,34-32-,35-33-,36-27-,42-39-,43-40-,51-48-,52-49-/t62-/m1/s1. The maximum atomic E-state index is 12.8. The van der Waals surface area contributed by atoms with Gasteiger partial charge in [0.1, 0.15) is 13.2 Å². The van der Waals surface area contributed by atoms with Gasteiger partial charge in [0.2, 0.25) is 0 Å². The van der Waals surface area contributed by atoms with Crippen molar-refractivity contribution in [3.8, 4) is 0 Å². The average Bonchev–Trinajstić information content (AvgIpc) is 3.37. The van der Waals surface area contributed by atoms with E-state index in [9.17, 15) is 14.4 Å². The van der Waals surface area contributed by atoms with Gasteiger partial charge in [0.15, 0.2) is 6.10 Å². The molecule has 0 saturated heterocycles.